The lowest BCUT2D eigenvalue weighted by Gasteiger charge is -2.43. The molecule has 1 aliphatic rings. The summed E-state index contributed by atoms with van der Waals surface area (Å²) in [5.74, 6) is 1.05. The summed E-state index contributed by atoms with van der Waals surface area (Å²) in [7, 11) is 1.68. The second-order valence-corrected chi connectivity index (χ2v) is 7.52. The highest BCUT2D eigenvalue weighted by atomic mass is 16.5. The number of Topliss-reactive ketones (excluding diaryl/α,β-unsaturated/α-hetero) is 1. The molecule has 2 atom stereocenters. The van der Waals surface area contributed by atoms with E-state index in [-0.39, 0.29) is 11.8 Å². The van der Waals surface area contributed by atoms with Crippen molar-refractivity contribution in [1.82, 2.24) is 9.88 Å². The number of carbonyl (C=O) groups is 1. The number of methoxy groups -OCH3 is 1. The number of aromatic nitrogens is 1. The largest absolute Gasteiger partial charge is 0.497 e. The lowest BCUT2D eigenvalue weighted by Crippen LogP contribution is -2.56. The number of benzene rings is 2. The number of hydrogen-bond donors (Lipinski definition) is 1. The molecule has 0 unspecified atom stereocenters. The molecule has 146 valence electrons. The molecule has 0 saturated carbocycles. The lowest BCUT2D eigenvalue weighted by atomic mass is 10.0. The fourth-order valence-electron chi connectivity index (χ4n) is 4.16. The quantitative estimate of drug-likeness (QED) is 0.684. The van der Waals surface area contributed by atoms with Crippen LogP contribution in [0.5, 0.6) is 5.75 Å². The molecule has 1 fully saturated rings. The summed E-state index contributed by atoms with van der Waals surface area (Å²) in [4.78, 5) is 21.1. The van der Waals surface area contributed by atoms with Crippen LogP contribution in [0.4, 0.5) is 5.69 Å². The van der Waals surface area contributed by atoms with Crippen molar-refractivity contribution >= 4 is 22.4 Å². The van der Waals surface area contributed by atoms with Gasteiger partial charge in [-0.15, -0.1) is 0 Å². The summed E-state index contributed by atoms with van der Waals surface area (Å²) in [6.07, 6.45) is 1.85. The minimum atomic E-state index is -0.139. The van der Waals surface area contributed by atoms with E-state index in [1.54, 1.807) is 7.11 Å². The van der Waals surface area contributed by atoms with Gasteiger partial charge in [0, 0.05) is 54.0 Å². The Hall–Kier alpha value is -2.79. The third-order valence-corrected chi connectivity index (χ3v) is 5.84. The molecule has 1 aliphatic heterocycles. The average molecular weight is 377 g/mol. The molecule has 0 amide bonds. The first kappa shape index (κ1) is 18.6. The average Bonchev–Trinajstić information content (AvgIpc) is 3.17. The summed E-state index contributed by atoms with van der Waals surface area (Å²) in [5.41, 5.74) is 2.99. The number of carbonyl (C=O) groups excluding carboxylic acids is 1. The van der Waals surface area contributed by atoms with Crippen LogP contribution in [0.3, 0.4) is 0 Å². The van der Waals surface area contributed by atoms with Crippen molar-refractivity contribution < 1.29 is 9.53 Å². The van der Waals surface area contributed by atoms with Crippen molar-refractivity contribution in [3.05, 3.63) is 60.3 Å². The molecule has 2 aromatic carbocycles. The molecule has 5 nitrogen and oxygen atoms in total. The Kier molecular flexibility index (Phi) is 5.09. The topological polar surface area (TPSA) is 48.6 Å². The van der Waals surface area contributed by atoms with Gasteiger partial charge in [0.1, 0.15) is 5.75 Å². The number of piperazine rings is 1. The number of hydrogen-bond acceptors (Lipinski definition) is 4. The van der Waals surface area contributed by atoms with Crippen LogP contribution in [0.15, 0.2) is 54.7 Å². The maximum absolute atomic E-state index is 13.2. The number of fused-ring (bicyclic) bond motifs is 1. The lowest BCUT2D eigenvalue weighted by molar-refractivity contribution is 0.0813. The minimum absolute atomic E-state index is 0.139. The van der Waals surface area contributed by atoms with E-state index in [0.29, 0.717) is 6.04 Å². The molecule has 4 rings (SSSR count). The molecule has 1 aromatic heterocycles. The van der Waals surface area contributed by atoms with E-state index in [1.165, 1.54) is 5.69 Å². The second-order valence-electron chi connectivity index (χ2n) is 7.52. The molecule has 0 aliphatic carbocycles. The van der Waals surface area contributed by atoms with Gasteiger partial charge in [0.05, 0.1) is 13.2 Å². The van der Waals surface area contributed by atoms with Crippen molar-refractivity contribution in [2.24, 2.45) is 0 Å². The zero-order chi connectivity index (χ0) is 19.7. The molecule has 0 radical (unpaired) electrons. The SMILES string of the molecule is COc1ccc(N2CCN([C@@H](C)C(=O)c3c[nH]c4ccccc34)C[C@H]2C)cc1. The molecule has 1 saturated heterocycles. The van der Waals surface area contributed by atoms with Crippen molar-refractivity contribution in [2.45, 2.75) is 25.9 Å². The van der Waals surface area contributed by atoms with E-state index in [1.807, 2.05) is 49.5 Å². The maximum Gasteiger partial charge on any atom is 0.181 e. The van der Waals surface area contributed by atoms with Crippen LogP contribution in [-0.2, 0) is 0 Å². The first-order chi connectivity index (χ1) is 13.6. The van der Waals surface area contributed by atoms with Gasteiger partial charge < -0.3 is 14.6 Å². The Morgan fingerprint density at radius 2 is 1.89 bits per heavy atom. The number of nitrogens with zero attached hydrogens (tertiary/aromatic N) is 2. The molecule has 0 spiro atoms. The second kappa shape index (κ2) is 7.68. The zero-order valence-corrected chi connectivity index (χ0v) is 16.7. The predicted molar refractivity (Wildman–Crippen MR) is 113 cm³/mol. The Balaban J connectivity index is 1.46. The number of para-hydroxylation sites is 1. The van der Waals surface area contributed by atoms with Crippen molar-refractivity contribution in [2.75, 3.05) is 31.6 Å². The van der Waals surface area contributed by atoms with Gasteiger partial charge in [-0.25, -0.2) is 0 Å². The van der Waals surface area contributed by atoms with E-state index in [2.05, 4.69) is 33.8 Å². The first-order valence-corrected chi connectivity index (χ1v) is 9.83. The maximum atomic E-state index is 13.2. The number of ketones is 1. The van der Waals surface area contributed by atoms with Crippen LogP contribution in [0.25, 0.3) is 10.9 Å². The highest BCUT2D eigenvalue weighted by Crippen LogP contribution is 2.26. The Morgan fingerprint density at radius 3 is 2.61 bits per heavy atom. The van der Waals surface area contributed by atoms with Gasteiger partial charge >= 0.3 is 0 Å². The molecular weight excluding hydrogens is 350 g/mol. The van der Waals surface area contributed by atoms with Gasteiger partial charge in [0.15, 0.2) is 5.78 Å². The molecular formula is C23H27N3O2. The Bertz CT molecular complexity index is 963. The molecule has 1 N–H and O–H groups in total. The van der Waals surface area contributed by atoms with Gasteiger partial charge in [-0.3, -0.25) is 9.69 Å². The summed E-state index contributed by atoms with van der Waals surface area (Å²) >= 11 is 0. The van der Waals surface area contributed by atoms with Gasteiger partial charge in [-0.2, -0.15) is 0 Å². The third kappa shape index (κ3) is 3.38. The van der Waals surface area contributed by atoms with Crippen LogP contribution in [0.1, 0.15) is 24.2 Å². The molecule has 0 bridgehead atoms. The van der Waals surface area contributed by atoms with Crippen LogP contribution in [0.2, 0.25) is 0 Å². The van der Waals surface area contributed by atoms with Crippen LogP contribution in [0, 0.1) is 0 Å². The number of rotatable bonds is 5. The van der Waals surface area contributed by atoms with Gasteiger partial charge in [0.2, 0.25) is 0 Å². The van der Waals surface area contributed by atoms with Gasteiger partial charge in [0.25, 0.3) is 0 Å². The summed E-state index contributed by atoms with van der Waals surface area (Å²) in [5, 5.41) is 1.00. The van der Waals surface area contributed by atoms with Crippen molar-refractivity contribution in [3.8, 4) is 5.75 Å². The number of nitrogens with one attached hydrogen (secondary N) is 1. The monoisotopic (exact) mass is 377 g/mol. The Labute approximate surface area is 165 Å². The van der Waals surface area contributed by atoms with Gasteiger partial charge in [-0.05, 0) is 44.2 Å². The summed E-state index contributed by atoms with van der Waals surface area (Å²) in [6.45, 7) is 6.88. The van der Waals surface area contributed by atoms with E-state index in [0.717, 1.165) is 41.9 Å². The normalized spacial score (nSPS) is 19.0. The number of aromatic amines is 1. The van der Waals surface area contributed by atoms with Gasteiger partial charge in [-0.1, -0.05) is 18.2 Å². The molecule has 5 heteroatoms. The minimum Gasteiger partial charge on any atom is -0.497 e. The predicted octanol–water partition coefficient (Wildman–Crippen LogP) is 3.96. The van der Waals surface area contributed by atoms with Crippen LogP contribution in [-0.4, -0.2) is 54.5 Å². The van der Waals surface area contributed by atoms with E-state index < -0.39 is 0 Å². The molecule has 3 aromatic rings. The fraction of sp³-hybridized carbons (Fsp3) is 0.348. The Morgan fingerprint density at radius 1 is 1.14 bits per heavy atom. The molecule has 2 heterocycles. The summed E-state index contributed by atoms with van der Waals surface area (Å²) < 4.78 is 5.26. The highest BCUT2D eigenvalue weighted by molar-refractivity contribution is 6.10. The van der Waals surface area contributed by atoms with Crippen LogP contribution >= 0.6 is 0 Å². The summed E-state index contributed by atoms with van der Waals surface area (Å²) in [6, 6.07) is 16.4. The number of H-pyrrole nitrogens is 1. The first-order valence-electron chi connectivity index (χ1n) is 9.83. The highest BCUT2D eigenvalue weighted by Gasteiger charge is 2.31. The number of ether oxygens (including phenoxy) is 1. The smallest absolute Gasteiger partial charge is 0.181 e. The fourth-order valence-corrected chi connectivity index (χ4v) is 4.16. The van der Waals surface area contributed by atoms with Crippen LogP contribution < -0.4 is 9.64 Å². The number of anilines is 1. The standard InChI is InChI=1S/C23H27N3O2/c1-16-15-25(12-13-26(16)18-8-10-19(28-3)11-9-18)17(2)23(27)21-14-24-22-7-5-4-6-20(21)22/h4-11,14,16-17,24H,12-13,15H2,1-3H3/t16-,17+/m1/s1. The zero-order valence-electron chi connectivity index (χ0n) is 16.7. The van der Waals surface area contributed by atoms with Crippen molar-refractivity contribution in [3.63, 3.8) is 0 Å². The molecule has 28 heavy (non-hydrogen) atoms. The van der Waals surface area contributed by atoms with E-state index in [4.69, 9.17) is 4.74 Å². The van der Waals surface area contributed by atoms with E-state index >= 15 is 0 Å². The van der Waals surface area contributed by atoms with Crippen molar-refractivity contribution in [1.29, 1.82) is 0 Å². The third-order valence-electron chi connectivity index (χ3n) is 5.84. The van der Waals surface area contributed by atoms with E-state index in [9.17, 15) is 4.79 Å².